The summed E-state index contributed by atoms with van der Waals surface area (Å²) in [6.45, 7) is 8.87. The standard InChI is InChI=1S/C41H78O6/c1-5-7-9-11-20-25-29-33-40(43)46-36-38(35-45-39(42)32-28-23-10-8-6-2)47-41(44)34-30-26-22-19-17-15-13-12-14-16-18-21-24-27-31-37(3)4/h37-38H,5-36H2,1-4H3/t38-/m1/s1. The minimum Gasteiger partial charge on any atom is -0.462 e. The molecule has 0 spiro atoms. The number of carbonyl (C=O) groups is 3. The lowest BCUT2D eigenvalue weighted by Crippen LogP contribution is -2.30. The summed E-state index contributed by atoms with van der Waals surface area (Å²) in [5.41, 5.74) is 0. The average molecular weight is 667 g/mol. The van der Waals surface area contributed by atoms with Gasteiger partial charge in [0.25, 0.3) is 0 Å². The predicted molar refractivity (Wildman–Crippen MR) is 196 cm³/mol. The maximum absolute atomic E-state index is 12.6. The monoisotopic (exact) mass is 667 g/mol. The zero-order valence-corrected chi connectivity index (χ0v) is 31.7. The maximum Gasteiger partial charge on any atom is 0.306 e. The van der Waals surface area contributed by atoms with Crippen molar-refractivity contribution in [3.63, 3.8) is 0 Å². The lowest BCUT2D eigenvalue weighted by atomic mass is 10.0. The van der Waals surface area contributed by atoms with Gasteiger partial charge in [-0.25, -0.2) is 0 Å². The predicted octanol–water partition coefficient (Wildman–Crippen LogP) is 12.4. The van der Waals surface area contributed by atoms with Crippen LogP contribution in [0.15, 0.2) is 0 Å². The van der Waals surface area contributed by atoms with E-state index in [1.165, 1.54) is 109 Å². The minimum absolute atomic E-state index is 0.0663. The fourth-order valence-corrected chi connectivity index (χ4v) is 5.92. The summed E-state index contributed by atoms with van der Waals surface area (Å²) >= 11 is 0. The normalized spacial score (nSPS) is 11.9. The second-order valence-corrected chi connectivity index (χ2v) is 14.4. The molecule has 0 heterocycles. The van der Waals surface area contributed by atoms with Crippen molar-refractivity contribution >= 4 is 17.9 Å². The Morgan fingerprint density at radius 3 is 1.04 bits per heavy atom. The molecule has 0 N–H and O–H groups in total. The number of hydrogen-bond donors (Lipinski definition) is 0. The molecule has 6 nitrogen and oxygen atoms in total. The molecule has 0 aliphatic heterocycles. The largest absolute Gasteiger partial charge is 0.462 e. The van der Waals surface area contributed by atoms with Gasteiger partial charge in [-0.15, -0.1) is 0 Å². The van der Waals surface area contributed by atoms with Crippen LogP contribution < -0.4 is 0 Å². The highest BCUT2D eigenvalue weighted by molar-refractivity contribution is 5.71. The van der Waals surface area contributed by atoms with Gasteiger partial charge in [0.1, 0.15) is 13.2 Å². The van der Waals surface area contributed by atoms with Crippen molar-refractivity contribution in [3.8, 4) is 0 Å². The molecule has 0 aromatic rings. The third kappa shape index (κ3) is 35.5. The van der Waals surface area contributed by atoms with Crippen LogP contribution in [0.5, 0.6) is 0 Å². The molecule has 0 fully saturated rings. The van der Waals surface area contributed by atoms with Gasteiger partial charge in [-0.05, 0) is 25.2 Å². The highest BCUT2D eigenvalue weighted by Gasteiger charge is 2.19. The van der Waals surface area contributed by atoms with Crippen molar-refractivity contribution in [2.75, 3.05) is 13.2 Å². The van der Waals surface area contributed by atoms with Crippen molar-refractivity contribution in [1.29, 1.82) is 0 Å². The van der Waals surface area contributed by atoms with Crippen LogP contribution in [0.1, 0.15) is 220 Å². The molecule has 0 aromatic heterocycles. The van der Waals surface area contributed by atoms with Crippen LogP contribution >= 0.6 is 0 Å². The van der Waals surface area contributed by atoms with Gasteiger partial charge in [0.2, 0.25) is 0 Å². The van der Waals surface area contributed by atoms with E-state index < -0.39 is 6.10 Å². The Labute approximate surface area is 291 Å². The number of ether oxygens (including phenoxy) is 3. The number of unbranched alkanes of at least 4 members (excludes halogenated alkanes) is 23. The first-order valence-electron chi connectivity index (χ1n) is 20.4. The Balaban J connectivity index is 4.14. The summed E-state index contributed by atoms with van der Waals surface area (Å²) in [7, 11) is 0. The molecular formula is C41H78O6. The molecule has 0 radical (unpaired) electrons. The Morgan fingerprint density at radius 1 is 0.404 bits per heavy atom. The van der Waals surface area contributed by atoms with Crippen LogP contribution in [0.2, 0.25) is 0 Å². The summed E-state index contributed by atoms with van der Waals surface area (Å²) in [6, 6.07) is 0. The topological polar surface area (TPSA) is 78.9 Å². The molecule has 0 amide bonds. The van der Waals surface area contributed by atoms with Crippen LogP contribution in [-0.4, -0.2) is 37.2 Å². The summed E-state index contributed by atoms with van der Waals surface area (Å²) in [6.07, 6.45) is 32.7. The molecule has 0 saturated heterocycles. The van der Waals surface area contributed by atoms with Gasteiger partial charge in [0.15, 0.2) is 6.10 Å². The molecule has 278 valence electrons. The highest BCUT2D eigenvalue weighted by Crippen LogP contribution is 2.16. The first-order chi connectivity index (χ1) is 22.9. The molecule has 0 unspecified atom stereocenters. The van der Waals surface area contributed by atoms with Crippen LogP contribution in [0.25, 0.3) is 0 Å². The smallest absolute Gasteiger partial charge is 0.306 e. The van der Waals surface area contributed by atoms with Gasteiger partial charge in [-0.1, -0.05) is 182 Å². The van der Waals surface area contributed by atoms with Crippen molar-refractivity contribution in [3.05, 3.63) is 0 Å². The van der Waals surface area contributed by atoms with E-state index in [0.29, 0.717) is 19.3 Å². The Kier molecular flexibility index (Phi) is 34.5. The third-order valence-corrected chi connectivity index (χ3v) is 9.04. The Morgan fingerprint density at radius 2 is 0.702 bits per heavy atom. The quantitative estimate of drug-likeness (QED) is 0.0376. The molecule has 0 bridgehead atoms. The summed E-state index contributed by atoms with van der Waals surface area (Å²) in [5.74, 6) is -0.0379. The van der Waals surface area contributed by atoms with Gasteiger partial charge < -0.3 is 14.2 Å². The number of carbonyl (C=O) groups excluding carboxylic acids is 3. The SMILES string of the molecule is CCCCCCCCCC(=O)OC[C@@H](COC(=O)CCCCCCC)OC(=O)CCCCCCCCCCCCCCCCC(C)C. The van der Waals surface area contributed by atoms with Crippen molar-refractivity contribution < 1.29 is 28.6 Å². The summed E-state index contributed by atoms with van der Waals surface area (Å²) < 4.78 is 16.5. The van der Waals surface area contributed by atoms with Crippen LogP contribution in [-0.2, 0) is 28.6 Å². The van der Waals surface area contributed by atoms with Crippen molar-refractivity contribution in [2.24, 2.45) is 5.92 Å². The molecule has 6 heteroatoms. The zero-order valence-electron chi connectivity index (χ0n) is 31.7. The van der Waals surface area contributed by atoms with Crippen LogP contribution in [0.3, 0.4) is 0 Å². The lowest BCUT2D eigenvalue weighted by Gasteiger charge is -2.18. The molecule has 0 aliphatic rings. The highest BCUT2D eigenvalue weighted by atomic mass is 16.6. The van der Waals surface area contributed by atoms with Crippen molar-refractivity contribution in [2.45, 2.75) is 226 Å². The fraction of sp³-hybridized carbons (Fsp3) is 0.927. The van der Waals surface area contributed by atoms with E-state index in [1.54, 1.807) is 0 Å². The van der Waals surface area contributed by atoms with Crippen LogP contribution in [0.4, 0.5) is 0 Å². The minimum atomic E-state index is -0.755. The van der Waals surface area contributed by atoms with E-state index in [-0.39, 0.29) is 31.1 Å². The number of hydrogen-bond acceptors (Lipinski definition) is 6. The van der Waals surface area contributed by atoms with Gasteiger partial charge in [0.05, 0.1) is 0 Å². The Hall–Kier alpha value is -1.59. The lowest BCUT2D eigenvalue weighted by molar-refractivity contribution is -0.167. The van der Waals surface area contributed by atoms with Gasteiger partial charge in [-0.3, -0.25) is 14.4 Å². The first kappa shape index (κ1) is 45.4. The average Bonchev–Trinajstić information content (AvgIpc) is 3.05. The molecule has 47 heavy (non-hydrogen) atoms. The van der Waals surface area contributed by atoms with Gasteiger partial charge in [-0.2, -0.15) is 0 Å². The summed E-state index contributed by atoms with van der Waals surface area (Å²) in [5, 5.41) is 0. The molecule has 1 atom stereocenters. The maximum atomic E-state index is 12.6. The van der Waals surface area contributed by atoms with E-state index in [2.05, 4.69) is 27.7 Å². The van der Waals surface area contributed by atoms with E-state index in [0.717, 1.165) is 70.1 Å². The number of rotatable bonds is 36. The molecule has 0 rings (SSSR count). The van der Waals surface area contributed by atoms with Crippen molar-refractivity contribution in [1.82, 2.24) is 0 Å². The number of esters is 3. The third-order valence-electron chi connectivity index (χ3n) is 9.04. The first-order valence-corrected chi connectivity index (χ1v) is 20.4. The van der Waals surface area contributed by atoms with E-state index in [9.17, 15) is 14.4 Å². The molecule has 0 saturated carbocycles. The van der Waals surface area contributed by atoms with E-state index in [1.807, 2.05) is 0 Å². The van der Waals surface area contributed by atoms with Crippen LogP contribution in [0, 0.1) is 5.92 Å². The van der Waals surface area contributed by atoms with E-state index >= 15 is 0 Å². The molecular weight excluding hydrogens is 588 g/mol. The fourth-order valence-electron chi connectivity index (χ4n) is 5.92. The van der Waals surface area contributed by atoms with Gasteiger partial charge >= 0.3 is 17.9 Å². The Bertz CT molecular complexity index is 706. The molecule has 0 aliphatic carbocycles. The molecule has 0 aromatic carbocycles. The second-order valence-electron chi connectivity index (χ2n) is 14.4. The second kappa shape index (κ2) is 35.7. The zero-order chi connectivity index (χ0) is 34.6. The van der Waals surface area contributed by atoms with E-state index in [4.69, 9.17) is 14.2 Å². The summed E-state index contributed by atoms with van der Waals surface area (Å²) in [4.78, 5) is 37.1. The van der Waals surface area contributed by atoms with Gasteiger partial charge in [0, 0.05) is 19.3 Å².